The lowest BCUT2D eigenvalue weighted by molar-refractivity contribution is -0.116. The van der Waals surface area contributed by atoms with Gasteiger partial charge < -0.3 is 10.6 Å². The van der Waals surface area contributed by atoms with E-state index in [9.17, 15) is 18.0 Å². The minimum atomic E-state index is -3.68. The number of aryl methyl sites for hydroxylation is 1. The topological polar surface area (TPSA) is 92.3 Å². The molecule has 0 aromatic heterocycles. The number of carbonyl (C=O) groups excluding carboxylic acids is 2. The molecule has 1 aliphatic rings. The molecule has 1 aliphatic heterocycles. The molecule has 0 saturated heterocycles. The average Bonchev–Trinajstić information content (AvgIpc) is 2.64. The van der Waals surface area contributed by atoms with Crippen molar-refractivity contribution in [3.05, 3.63) is 47.0 Å². The van der Waals surface area contributed by atoms with Crippen LogP contribution in [-0.4, -0.2) is 31.2 Å². The Morgan fingerprint density at radius 3 is 2.75 bits per heavy atom. The zero-order chi connectivity index (χ0) is 20.5. The fraction of sp³-hybridized carbons (Fsp3) is 0.263. The van der Waals surface area contributed by atoms with Crippen LogP contribution in [0, 0.1) is 6.92 Å². The maximum absolute atomic E-state index is 12.6. The number of hydrogen-bond acceptors (Lipinski definition) is 5. The monoisotopic (exact) mass is 438 g/mol. The van der Waals surface area contributed by atoms with Gasteiger partial charge in [0.1, 0.15) is 0 Å². The lowest BCUT2D eigenvalue weighted by Gasteiger charge is -2.21. The van der Waals surface area contributed by atoms with Crippen molar-refractivity contribution >= 4 is 56.4 Å². The maximum Gasteiger partial charge on any atom is 0.237 e. The zero-order valence-corrected chi connectivity index (χ0v) is 17.7. The molecule has 6 nitrogen and oxygen atoms in total. The third-order valence-electron chi connectivity index (χ3n) is 4.31. The molecule has 9 heteroatoms. The SMILES string of the molecule is Cc1ccc(Cl)cc1NC(=O)CCS(=O)(=O)c1ccc2c(c1)NC(=O)[C@@H](C)S2. The first-order valence-corrected chi connectivity index (χ1v) is 11.5. The number of sulfone groups is 1. The van der Waals surface area contributed by atoms with E-state index in [-0.39, 0.29) is 28.2 Å². The first-order valence-electron chi connectivity index (χ1n) is 8.56. The maximum atomic E-state index is 12.6. The molecule has 1 atom stereocenters. The summed E-state index contributed by atoms with van der Waals surface area (Å²) in [6, 6.07) is 9.73. The lowest BCUT2D eigenvalue weighted by atomic mass is 10.2. The highest BCUT2D eigenvalue weighted by atomic mass is 35.5. The van der Waals surface area contributed by atoms with Crippen LogP contribution in [0.3, 0.4) is 0 Å². The largest absolute Gasteiger partial charge is 0.326 e. The van der Waals surface area contributed by atoms with Crippen LogP contribution in [-0.2, 0) is 19.4 Å². The van der Waals surface area contributed by atoms with Gasteiger partial charge in [0.25, 0.3) is 0 Å². The number of nitrogens with one attached hydrogen (secondary N) is 2. The van der Waals surface area contributed by atoms with Crippen LogP contribution < -0.4 is 10.6 Å². The summed E-state index contributed by atoms with van der Waals surface area (Å²) in [5, 5.41) is 5.66. The van der Waals surface area contributed by atoms with Crippen LogP contribution >= 0.6 is 23.4 Å². The summed E-state index contributed by atoms with van der Waals surface area (Å²) in [6.45, 7) is 3.61. The van der Waals surface area contributed by atoms with Gasteiger partial charge >= 0.3 is 0 Å². The summed E-state index contributed by atoms with van der Waals surface area (Å²) in [6.07, 6.45) is -0.191. The van der Waals surface area contributed by atoms with Gasteiger partial charge in [0, 0.05) is 22.0 Å². The van der Waals surface area contributed by atoms with Crippen molar-refractivity contribution in [2.45, 2.75) is 35.3 Å². The van der Waals surface area contributed by atoms with Crippen LogP contribution in [0.4, 0.5) is 11.4 Å². The molecule has 148 valence electrons. The molecular formula is C19H19ClN2O4S2. The molecular weight excluding hydrogens is 420 g/mol. The van der Waals surface area contributed by atoms with Crippen LogP contribution in [0.25, 0.3) is 0 Å². The summed E-state index contributed by atoms with van der Waals surface area (Å²) in [5.41, 5.74) is 1.86. The number of benzene rings is 2. The summed E-state index contributed by atoms with van der Waals surface area (Å²) in [7, 11) is -3.68. The minimum absolute atomic E-state index is 0.0773. The van der Waals surface area contributed by atoms with Gasteiger partial charge in [-0.25, -0.2) is 8.42 Å². The molecule has 2 aromatic rings. The number of fused-ring (bicyclic) bond motifs is 1. The molecule has 3 rings (SSSR count). The Kier molecular flexibility index (Phi) is 6.02. The highest BCUT2D eigenvalue weighted by Gasteiger charge is 2.25. The van der Waals surface area contributed by atoms with Crippen LogP contribution in [0.5, 0.6) is 0 Å². The number of hydrogen-bond donors (Lipinski definition) is 2. The number of halogens is 1. The van der Waals surface area contributed by atoms with Crippen molar-refractivity contribution in [2.75, 3.05) is 16.4 Å². The second-order valence-electron chi connectivity index (χ2n) is 6.48. The Bertz CT molecular complexity index is 1050. The molecule has 2 amide bonds. The molecule has 2 N–H and O–H groups in total. The van der Waals surface area contributed by atoms with E-state index in [1.165, 1.54) is 23.9 Å². The number of rotatable bonds is 5. The van der Waals surface area contributed by atoms with Gasteiger partial charge in [-0.3, -0.25) is 9.59 Å². The standard InChI is InChI=1S/C19H19ClN2O4S2/c1-11-3-4-13(20)9-15(11)21-18(23)7-8-28(25,26)14-5-6-17-16(10-14)22-19(24)12(2)27-17/h3-6,9-10,12H,7-8H2,1-2H3,(H,21,23)(H,22,24)/t12-/m1/s1. The minimum Gasteiger partial charge on any atom is -0.326 e. The summed E-state index contributed by atoms with van der Waals surface area (Å²) < 4.78 is 25.2. The lowest BCUT2D eigenvalue weighted by Crippen LogP contribution is -2.26. The number of anilines is 2. The molecule has 0 fully saturated rings. The Morgan fingerprint density at radius 2 is 2.00 bits per heavy atom. The molecule has 0 bridgehead atoms. The molecule has 0 spiro atoms. The van der Waals surface area contributed by atoms with Crippen molar-refractivity contribution < 1.29 is 18.0 Å². The van der Waals surface area contributed by atoms with Gasteiger partial charge in [0.05, 0.1) is 21.6 Å². The van der Waals surface area contributed by atoms with Gasteiger partial charge in [0.15, 0.2) is 9.84 Å². The molecule has 0 saturated carbocycles. The third kappa shape index (κ3) is 4.68. The number of amides is 2. The summed E-state index contributed by atoms with van der Waals surface area (Å²) in [5.74, 6) is -0.915. The van der Waals surface area contributed by atoms with Gasteiger partial charge in [-0.05, 0) is 49.7 Å². The molecule has 0 unspecified atom stereocenters. The van der Waals surface area contributed by atoms with Gasteiger partial charge in [-0.1, -0.05) is 17.7 Å². The van der Waals surface area contributed by atoms with E-state index in [0.717, 1.165) is 10.5 Å². The van der Waals surface area contributed by atoms with Crippen LogP contribution in [0.1, 0.15) is 18.9 Å². The second-order valence-corrected chi connectivity index (χ2v) is 10.4. The fourth-order valence-corrected chi connectivity index (χ4v) is 5.03. The first-order chi connectivity index (χ1) is 13.2. The van der Waals surface area contributed by atoms with Crippen molar-refractivity contribution in [1.29, 1.82) is 0 Å². The Hall–Kier alpha value is -2.03. The average molecular weight is 439 g/mol. The van der Waals surface area contributed by atoms with E-state index < -0.39 is 15.7 Å². The highest BCUT2D eigenvalue weighted by molar-refractivity contribution is 8.01. The van der Waals surface area contributed by atoms with Gasteiger partial charge in [-0.15, -0.1) is 11.8 Å². The van der Waals surface area contributed by atoms with Crippen LogP contribution in [0.2, 0.25) is 5.02 Å². The smallest absolute Gasteiger partial charge is 0.237 e. The fourth-order valence-electron chi connectivity index (χ4n) is 2.67. The molecule has 1 heterocycles. The predicted octanol–water partition coefficient (Wildman–Crippen LogP) is 3.88. The van der Waals surface area contributed by atoms with Crippen molar-refractivity contribution in [1.82, 2.24) is 0 Å². The summed E-state index contributed by atoms with van der Waals surface area (Å²) >= 11 is 7.31. The molecule has 0 aliphatic carbocycles. The van der Waals surface area contributed by atoms with E-state index in [2.05, 4.69) is 10.6 Å². The van der Waals surface area contributed by atoms with Crippen molar-refractivity contribution in [2.24, 2.45) is 0 Å². The Labute approximate surface area is 173 Å². The van der Waals surface area contributed by atoms with E-state index in [4.69, 9.17) is 11.6 Å². The van der Waals surface area contributed by atoms with E-state index >= 15 is 0 Å². The van der Waals surface area contributed by atoms with Gasteiger partial charge in [-0.2, -0.15) is 0 Å². The van der Waals surface area contributed by atoms with Gasteiger partial charge in [0.2, 0.25) is 11.8 Å². The van der Waals surface area contributed by atoms with Crippen molar-refractivity contribution in [3.8, 4) is 0 Å². The quantitative estimate of drug-likeness (QED) is 0.738. The molecule has 0 radical (unpaired) electrons. The van der Waals surface area contributed by atoms with Crippen molar-refractivity contribution in [3.63, 3.8) is 0 Å². The summed E-state index contributed by atoms with van der Waals surface area (Å²) in [4.78, 5) is 24.9. The number of thioether (sulfide) groups is 1. The Balaban J connectivity index is 1.69. The molecule has 2 aromatic carbocycles. The Morgan fingerprint density at radius 1 is 1.25 bits per heavy atom. The van der Waals surface area contributed by atoms with Crippen LogP contribution in [0.15, 0.2) is 46.2 Å². The predicted molar refractivity (Wildman–Crippen MR) is 112 cm³/mol. The van der Waals surface area contributed by atoms with E-state index in [0.29, 0.717) is 16.4 Å². The van der Waals surface area contributed by atoms with E-state index in [1.807, 2.05) is 6.92 Å². The molecule has 28 heavy (non-hydrogen) atoms. The normalized spacial score (nSPS) is 16.2. The number of carbonyl (C=O) groups is 2. The highest BCUT2D eigenvalue weighted by Crippen LogP contribution is 2.36. The zero-order valence-electron chi connectivity index (χ0n) is 15.3. The third-order valence-corrected chi connectivity index (χ3v) is 7.44. The van der Waals surface area contributed by atoms with E-state index in [1.54, 1.807) is 31.2 Å². The second kappa shape index (κ2) is 8.14. The first kappa shape index (κ1) is 20.7.